The number of pyridine rings is 4. The van der Waals surface area contributed by atoms with Crippen LogP contribution in [0.25, 0.3) is 34.2 Å². The Morgan fingerprint density at radius 2 is 0.967 bits per heavy atom. The topological polar surface area (TPSA) is 331 Å². The third-order valence-electron chi connectivity index (χ3n) is 8.91. The van der Waals surface area contributed by atoms with Gasteiger partial charge in [-0.1, -0.05) is 166 Å². The van der Waals surface area contributed by atoms with E-state index in [2.05, 4.69) is 120 Å². The first-order valence-electron chi connectivity index (χ1n) is 23.9. The van der Waals surface area contributed by atoms with Crippen LogP contribution in [0.4, 0.5) is 8.78 Å². The van der Waals surface area contributed by atoms with Crippen LogP contribution >= 0.6 is 44.0 Å². The summed E-state index contributed by atoms with van der Waals surface area (Å²) in [4.78, 5) is 31.9. The van der Waals surface area contributed by atoms with Crippen LogP contribution in [-0.2, 0) is 52.8 Å². The average molecular weight is 1490 g/mol. The van der Waals surface area contributed by atoms with Crippen molar-refractivity contribution < 1.29 is 156 Å². The number of alkyl halides is 3. The molecule has 0 spiro atoms. The van der Waals surface area contributed by atoms with Crippen LogP contribution in [0.15, 0.2) is 165 Å². The number of aromatic amines is 1. The van der Waals surface area contributed by atoms with Crippen molar-refractivity contribution in [1.29, 1.82) is 5.26 Å². The first kappa shape index (κ1) is 96.3. The van der Waals surface area contributed by atoms with Crippen LogP contribution in [0.2, 0.25) is 0 Å². The summed E-state index contributed by atoms with van der Waals surface area (Å²) in [5.41, 5.74) is 5.99. The van der Waals surface area contributed by atoms with Crippen molar-refractivity contribution in [2.75, 3.05) is 19.2 Å². The Kier molecular flexibility index (Phi) is 68.0. The van der Waals surface area contributed by atoms with Gasteiger partial charge in [-0.05, 0) is 55.5 Å². The molecule has 7 heterocycles. The summed E-state index contributed by atoms with van der Waals surface area (Å²) in [6, 6.07) is 38.7. The largest absolute Gasteiger partial charge is 1.00 e. The summed E-state index contributed by atoms with van der Waals surface area (Å²) in [6.07, 6.45) is 12.7. The van der Waals surface area contributed by atoms with E-state index in [-0.39, 0.29) is 170 Å². The van der Waals surface area contributed by atoms with Gasteiger partial charge in [0, 0.05) is 70.3 Å². The maximum absolute atomic E-state index is 9.96. The molecule has 0 atom stereocenters. The fourth-order valence-electron chi connectivity index (χ4n) is 5.66. The number of halogens is 5. The number of rotatable bonds is 13. The van der Waals surface area contributed by atoms with Gasteiger partial charge >= 0.3 is 103 Å². The van der Waals surface area contributed by atoms with Crippen LogP contribution in [0.3, 0.4) is 0 Å². The predicted molar refractivity (Wildman–Crippen MR) is 356 cm³/mol. The standard InChI is InChI=1S/C14H13N5O.C13H11N5O.C13H10N2O.C7H7N5O.2CH3F.CH3I.CH2O3.7CH4.Cl2OS.2K.H2.H/c1-19-17-14(16-18-19)12-7-13(9-15-8-12)20-10-11-5-3-2-4-6-11;1-2-4-10(5-3-1)9-19-12-6-11(7-14-8-12)13-15-17-18-16-13;14-7-12-6-13(9-15-8-12)16-10-11-4-2-1-3-5-11;1-12-10-7(9-11-12)5-2-6(13)4-8-3-5;3*1-2;2-1-4-3;;;;;;;;1-4(2)3;;;;/h2-9H,10H2,1H3;1-8H,9H2,(H,15,16,17,18);1-6,8-9H,10H2;2-4,13H,1H3;3*1H3;1,3H;7*1H4;;;;1H;/q;;;;;;;;;;;;;;;;2*+1;;-1/p-1/i;;;;2*1D;;;;;;;;;;;;;;. The van der Waals surface area contributed by atoms with Gasteiger partial charge in [0.05, 0.1) is 61.5 Å². The zero-order chi connectivity index (χ0) is 61.6. The van der Waals surface area contributed by atoms with E-state index in [4.69, 9.17) is 41.6 Å². The van der Waals surface area contributed by atoms with Crippen LogP contribution in [-0.4, -0.2) is 116 Å². The molecule has 10 aromatic rings. The summed E-state index contributed by atoms with van der Waals surface area (Å²) in [6.45, 7) is 1.30. The van der Waals surface area contributed by atoms with Gasteiger partial charge < -0.3 is 30.9 Å². The number of nitrogens with one attached hydrogen (secondary N) is 1. The fourth-order valence-corrected chi connectivity index (χ4v) is 5.66. The van der Waals surface area contributed by atoms with Crippen molar-refractivity contribution >= 4 is 59.7 Å². The van der Waals surface area contributed by atoms with Crippen molar-refractivity contribution in [1.82, 2.24) is 81.0 Å². The molecule has 0 aliphatic carbocycles. The molecule has 10 rings (SSSR count). The monoisotopic (exact) mass is 1490 g/mol. The van der Waals surface area contributed by atoms with E-state index in [1.165, 1.54) is 28.1 Å². The Hall–Kier alpha value is -5.82. The third kappa shape index (κ3) is 44.4. The number of nitriles is 1. The number of nitrogens with zero attached hydrogens (tertiary/aromatic N) is 16. The first-order valence-corrected chi connectivity index (χ1v) is 27.5. The molecule has 0 fully saturated rings. The minimum Gasteiger partial charge on any atom is -1.00 e. The zero-order valence-corrected chi connectivity index (χ0v) is 56.2. The van der Waals surface area contributed by atoms with E-state index in [1.807, 2.05) is 114 Å². The molecular weight excluding hydrogens is 1410 g/mol. The van der Waals surface area contributed by atoms with Crippen molar-refractivity contribution in [3.05, 3.63) is 187 Å². The molecule has 33 heteroatoms. The van der Waals surface area contributed by atoms with Crippen LogP contribution in [0.5, 0.6) is 23.0 Å². The molecule has 0 bridgehead atoms. The smallest absolute Gasteiger partial charge is 1.00 e. The fraction of sp³-hybridized carbons (Fsp3) is 0.259. The van der Waals surface area contributed by atoms with E-state index in [0.29, 0.717) is 65.7 Å². The Balaban J connectivity index is -0.000000114. The molecule has 2 N–H and O–H groups in total. The van der Waals surface area contributed by atoms with Gasteiger partial charge in [0.15, 0.2) is 0 Å². The van der Waals surface area contributed by atoms with Gasteiger partial charge in [-0.15, -0.1) is 30.6 Å². The summed E-state index contributed by atoms with van der Waals surface area (Å²) in [5.74, 6) is 3.53. The number of tetrazole rings is 3. The number of hydrogen-bond donors (Lipinski definition) is 2. The number of carbonyl (C=O) groups excluding carboxylic acids is 1. The number of aryl methyl sites for hydroxylation is 2. The number of hydrogen-bond acceptors (Lipinski definition) is 22. The first-order chi connectivity index (χ1) is 40.8. The van der Waals surface area contributed by atoms with Crippen molar-refractivity contribution in [3.63, 3.8) is 0 Å². The van der Waals surface area contributed by atoms with Gasteiger partial charge in [-0.25, -0.2) is 4.21 Å². The number of H-pyrrole nitrogens is 1. The Morgan fingerprint density at radius 1 is 0.637 bits per heavy atom. The van der Waals surface area contributed by atoms with Gasteiger partial charge in [-0.2, -0.15) is 20.1 Å². The van der Waals surface area contributed by atoms with Crippen molar-refractivity contribution in [2.45, 2.75) is 71.8 Å². The Labute approximate surface area is 649 Å². The molecule has 3 aromatic carbocycles. The van der Waals surface area contributed by atoms with Crippen LogP contribution in [0, 0.1) is 11.3 Å². The van der Waals surface area contributed by atoms with Crippen LogP contribution < -0.4 is 122 Å². The third-order valence-corrected chi connectivity index (χ3v) is 8.91. The molecular formula is C58H82Cl2F2IK2N17O8S. The minimum atomic E-state index is -1.67. The maximum atomic E-state index is 9.96. The molecule has 0 unspecified atom stereocenters. The molecule has 7 aromatic heterocycles. The molecule has 25 nitrogen and oxygen atoms in total. The quantitative estimate of drug-likeness (QED) is 0.0230. The van der Waals surface area contributed by atoms with E-state index >= 15 is 0 Å². The SMILES string of the molecule is C.C.C.C.C.C.C.CI.Cn1nnc(-c2cncc(O)c2)n1.Cn1nnc(-c2cncc(OCc3ccccc3)c2)n1.N#Cc1cncc(OCc2ccccc2)c1.O=CO[O-].O=S(Cl)Cl.[2H]CF.[2H]CF.[H-].[HH].[K+].[K+].c1ccc(COc2cncc(-c3nn[nH]n3)c2)cc1. The molecule has 0 saturated carbocycles. The number of benzene rings is 3. The average Bonchev–Trinajstić information content (AvgIpc) is 1.88. The Morgan fingerprint density at radius 3 is 1.27 bits per heavy atom. The zero-order valence-electron chi connectivity index (χ0n) is 48.5. The molecule has 0 aliphatic rings. The van der Waals surface area contributed by atoms with Gasteiger partial charge in [0.2, 0.25) is 26.7 Å². The number of aromatic hydroxyl groups is 1. The normalized spacial score (nSPS) is 8.67. The van der Waals surface area contributed by atoms with Crippen molar-refractivity contribution in [2.24, 2.45) is 14.1 Å². The Bertz CT molecular complexity index is 3410. The minimum absolute atomic E-state index is 0. The van der Waals surface area contributed by atoms with E-state index in [9.17, 15) is 8.78 Å². The number of carbonyl (C=O) groups is 1. The summed E-state index contributed by atoms with van der Waals surface area (Å²) in [5, 5.41) is 63.3. The van der Waals surface area contributed by atoms with E-state index in [0.717, 1.165) is 27.8 Å². The summed E-state index contributed by atoms with van der Waals surface area (Å²) in [7, 11) is 8.75. The molecule has 490 valence electrons. The molecule has 0 aliphatic heterocycles. The number of aromatic nitrogens is 16. The molecule has 0 saturated heterocycles. The summed E-state index contributed by atoms with van der Waals surface area (Å²) >= 11 is 2.15. The predicted octanol–water partition coefficient (Wildman–Crippen LogP) is 6.72. The van der Waals surface area contributed by atoms with Crippen molar-refractivity contribution in [3.8, 4) is 63.2 Å². The summed E-state index contributed by atoms with van der Waals surface area (Å²) < 4.78 is 57.0. The maximum Gasteiger partial charge on any atom is 1.00 e. The molecule has 0 radical (unpaired) electrons. The number of ether oxygens (including phenoxy) is 3. The van der Waals surface area contributed by atoms with Gasteiger partial charge in [-0.3, -0.25) is 33.5 Å². The van der Waals surface area contributed by atoms with Crippen LogP contribution in [0.1, 0.15) is 79.8 Å². The molecule has 91 heavy (non-hydrogen) atoms. The second kappa shape index (κ2) is 64.3. The van der Waals surface area contributed by atoms with E-state index in [1.54, 1.807) is 57.3 Å². The molecule has 0 amide bonds. The van der Waals surface area contributed by atoms with E-state index < -0.39 is 23.5 Å². The second-order valence-electron chi connectivity index (χ2n) is 14.4. The van der Waals surface area contributed by atoms with Gasteiger partial charge in [0.1, 0.15) is 48.9 Å². The van der Waals surface area contributed by atoms with Gasteiger partial charge in [0.25, 0.3) is 6.47 Å². The second-order valence-corrected chi connectivity index (χ2v) is 16.9.